The molecular formula is C14H20O6. The summed E-state index contributed by atoms with van der Waals surface area (Å²) in [4.78, 5) is 0. The summed E-state index contributed by atoms with van der Waals surface area (Å²) in [5.41, 5.74) is -0.0567. The van der Waals surface area contributed by atoms with Gasteiger partial charge in [0.05, 0.1) is 11.7 Å². The summed E-state index contributed by atoms with van der Waals surface area (Å²) in [6, 6.07) is 5.96. The van der Waals surface area contributed by atoms with E-state index in [0.29, 0.717) is 5.75 Å². The highest BCUT2D eigenvalue weighted by atomic mass is 16.6. The van der Waals surface area contributed by atoms with E-state index in [1.54, 1.807) is 6.92 Å². The predicted octanol–water partition coefficient (Wildman–Crippen LogP) is 1.32. The molecule has 0 bridgehead atoms. The molecule has 112 valence electrons. The molecule has 3 atom stereocenters. The van der Waals surface area contributed by atoms with E-state index in [1.807, 2.05) is 0 Å². The van der Waals surface area contributed by atoms with Crippen molar-refractivity contribution in [3.63, 3.8) is 0 Å². The van der Waals surface area contributed by atoms with Crippen LogP contribution in [0.3, 0.4) is 0 Å². The minimum Gasteiger partial charge on any atom is -0.508 e. The van der Waals surface area contributed by atoms with Crippen molar-refractivity contribution in [2.45, 2.75) is 32.3 Å². The Labute approximate surface area is 117 Å². The van der Waals surface area contributed by atoms with Crippen LogP contribution in [0.2, 0.25) is 0 Å². The summed E-state index contributed by atoms with van der Waals surface area (Å²) in [5.74, 6) is 0.227. The van der Waals surface area contributed by atoms with E-state index in [2.05, 4.69) is 0 Å². The Bertz CT molecular complexity index is 451. The molecule has 0 aliphatic rings. The van der Waals surface area contributed by atoms with Crippen molar-refractivity contribution in [2.75, 3.05) is 7.11 Å². The second-order valence-electron chi connectivity index (χ2n) is 4.36. The largest absolute Gasteiger partial charge is 0.508 e. The lowest BCUT2D eigenvalue weighted by Crippen LogP contribution is -2.28. The summed E-state index contributed by atoms with van der Waals surface area (Å²) in [5, 5.41) is 38.4. The summed E-state index contributed by atoms with van der Waals surface area (Å²) in [6.07, 6.45) is -3.30. The molecule has 1 aromatic carbocycles. The highest BCUT2D eigenvalue weighted by Crippen LogP contribution is 2.22. The van der Waals surface area contributed by atoms with Crippen molar-refractivity contribution >= 4 is 0 Å². The summed E-state index contributed by atoms with van der Waals surface area (Å²) in [7, 11) is 1.26. The Balaban J connectivity index is 2.92. The highest BCUT2D eigenvalue weighted by Gasteiger charge is 2.24. The maximum Gasteiger partial charge on any atom is 0.182 e. The van der Waals surface area contributed by atoms with Crippen molar-refractivity contribution in [3.05, 3.63) is 35.6 Å². The molecule has 0 spiro atoms. The van der Waals surface area contributed by atoms with E-state index in [0.717, 1.165) is 0 Å². The Morgan fingerprint density at radius 2 is 1.65 bits per heavy atom. The number of aromatic hydroxyl groups is 1. The first-order valence-corrected chi connectivity index (χ1v) is 6.14. The summed E-state index contributed by atoms with van der Waals surface area (Å²) in [6.45, 7) is 2.97. The second kappa shape index (κ2) is 7.14. The molecule has 20 heavy (non-hydrogen) atoms. The first-order valence-electron chi connectivity index (χ1n) is 6.14. The van der Waals surface area contributed by atoms with Gasteiger partial charge in [-0.15, -0.1) is 0 Å². The van der Waals surface area contributed by atoms with Crippen molar-refractivity contribution in [1.29, 1.82) is 0 Å². The average Bonchev–Trinajstić information content (AvgIpc) is 2.40. The molecule has 0 fully saturated rings. The van der Waals surface area contributed by atoms with Gasteiger partial charge in [0.2, 0.25) is 0 Å². The Morgan fingerprint density at radius 1 is 1.10 bits per heavy atom. The number of benzene rings is 1. The number of ether oxygens (including phenoxy) is 2. The fourth-order valence-electron chi connectivity index (χ4n) is 1.69. The van der Waals surface area contributed by atoms with Gasteiger partial charge < -0.3 is 29.9 Å². The maximum atomic E-state index is 10.1. The van der Waals surface area contributed by atoms with Crippen LogP contribution in [0.5, 0.6) is 11.5 Å². The topological polar surface area (TPSA) is 99.4 Å². The molecule has 0 aliphatic heterocycles. The van der Waals surface area contributed by atoms with Gasteiger partial charge in [0.25, 0.3) is 0 Å². The number of hydrogen-bond acceptors (Lipinski definition) is 6. The molecular weight excluding hydrogens is 264 g/mol. The van der Waals surface area contributed by atoms with Gasteiger partial charge in [0.1, 0.15) is 17.3 Å². The lowest BCUT2D eigenvalue weighted by Gasteiger charge is -2.22. The quantitative estimate of drug-likeness (QED) is 0.464. The molecule has 4 N–H and O–H groups in total. The Morgan fingerprint density at radius 3 is 2.10 bits per heavy atom. The molecule has 1 rings (SSSR count). The predicted molar refractivity (Wildman–Crippen MR) is 72.5 cm³/mol. The van der Waals surface area contributed by atoms with Crippen LogP contribution in [0, 0.1) is 0 Å². The molecule has 6 heteroatoms. The van der Waals surface area contributed by atoms with Crippen molar-refractivity contribution in [3.8, 4) is 11.5 Å². The Kier molecular flexibility index (Phi) is 5.82. The van der Waals surface area contributed by atoms with Crippen LogP contribution in [-0.2, 0) is 4.74 Å². The summed E-state index contributed by atoms with van der Waals surface area (Å²) < 4.78 is 10.2. The van der Waals surface area contributed by atoms with Gasteiger partial charge in [0.15, 0.2) is 12.4 Å². The first-order chi connectivity index (χ1) is 9.36. The third-order valence-corrected chi connectivity index (χ3v) is 2.77. The maximum absolute atomic E-state index is 10.1. The van der Waals surface area contributed by atoms with E-state index in [-0.39, 0.29) is 17.1 Å². The first kappa shape index (κ1) is 16.3. The molecule has 1 aromatic rings. The number of hydrogen-bond donors (Lipinski definition) is 4. The van der Waals surface area contributed by atoms with Crippen LogP contribution in [0.15, 0.2) is 35.6 Å². The normalized spacial score (nSPS) is 17.1. The van der Waals surface area contributed by atoms with Crippen molar-refractivity contribution in [2.24, 2.45) is 0 Å². The standard InChI is InChI=1S/C14H20O6/c1-8(15)12(14(18)19-3)13(17)9(2)20-11-6-4-10(16)5-7-11/h4-9,14-18H,1-3H3/b13-12+. The van der Waals surface area contributed by atoms with Gasteiger partial charge in [-0.3, -0.25) is 0 Å². The van der Waals surface area contributed by atoms with Gasteiger partial charge in [0, 0.05) is 7.11 Å². The van der Waals surface area contributed by atoms with E-state index >= 15 is 0 Å². The monoisotopic (exact) mass is 284 g/mol. The number of phenolic OH excluding ortho intramolecular Hbond substituents is 1. The molecule has 0 aromatic heterocycles. The molecule has 0 saturated heterocycles. The third kappa shape index (κ3) is 4.12. The number of phenols is 1. The van der Waals surface area contributed by atoms with Crippen molar-refractivity contribution < 1.29 is 29.9 Å². The average molecular weight is 284 g/mol. The van der Waals surface area contributed by atoms with Gasteiger partial charge in [-0.1, -0.05) is 0 Å². The lowest BCUT2D eigenvalue weighted by atomic mass is 10.1. The smallest absolute Gasteiger partial charge is 0.182 e. The van der Waals surface area contributed by atoms with Crippen LogP contribution in [0.25, 0.3) is 0 Å². The molecule has 6 nitrogen and oxygen atoms in total. The van der Waals surface area contributed by atoms with Crippen LogP contribution in [0.1, 0.15) is 13.8 Å². The molecule has 0 heterocycles. The summed E-state index contributed by atoms with van der Waals surface area (Å²) >= 11 is 0. The van der Waals surface area contributed by atoms with Crippen LogP contribution in [0.4, 0.5) is 0 Å². The van der Waals surface area contributed by atoms with Crippen LogP contribution >= 0.6 is 0 Å². The Hall–Kier alpha value is -1.76. The zero-order valence-electron chi connectivity index (χ0n) is 11.6. The lowest BCUT2D eigenvalue weighted by molar-refractivity contribution is -0.0607. The fourth-order valence-corrected chi connectivity index (χ4v) is 1.69. The van der Waals surface area contributed by atoms with Crippen LogP contribution < -0.4 is 4.74 Å². The zero-order chi connectivity index (χ0) is 15.3. The molecule has 0 saturated carbocycles. The number of aliphatic hydroxyl groups excluding tert-OH is 3. The number of aliphatic hydroxyl groups is 3. The SMILES string of the molecule is COC(O)/C(=C(/O)C(C)Oc1ccc(O)cc1)C(C)O. The molecule has 3 unspecified atom stereocenters. The zero-order valence-corrected chi connectivity index (χ0v) is 11.6. The fraction of sp³-hybridized carbons (Fsp3) is 0.429. The minimum atomic E-state index is -1.42. The molecule has 0 aliphatic carbocycles. The minimum absolute atomic E-state index is 0.0567. The molecule has 0 radical (unpaired) electrons. The van der Waals surface area contributed by atoms with Gasteiger partial charge in [-0.2, -0.15) is 0 Å². The van der Waals surface area contributed by atoms with E-state index in [9.17, 15) is 15.3 Å². The van der Waals surface area contributed by atoms with E-state index in [4.69, 9.17) is 14.6 Å². The molecule has 0 amide bonds. The van der Waals surface area contributed by atoms with E-state index in [1.165, 1.54) is 38.3 Å². The van der Waals surface area contributed by atoms with Gasteiger partial charge in [-0.05, 0) is 38.1 Å². The third-order valence-electron chi connectivity index (χ3n) is 2.77. The van der Waals surface area contributed by atoms with Gasteiger partial charge >= 0.3 is 0 Å². The van der Waals surface area contributed by atoms with Crippen molar-refractivity contribution in [1.82, 2.24) is 0 Å². The van der Waals surface area contributed by atoms with Crippen LogP contribution in [-0.4, -0.2) is 46.0 Å². The highest BCUT2D eigenvalue weighted by molar-refractivity contribution is 5.31. The number of rotatable bonds is 6. The van der Waals surface area contributed by atoms with Gasteiger partial charge in [-0.25, -0.2) is 0 Å². The van der Waals surface area contributed by atoms with E-state index < -0.39 is 18.5 Å². The number of methoxy groups -OCH3 is 1. The second-order valence-corrected chi connectivity index (χ2v) is 4.36.